The van der Waals surface area contributed by atoms with E-state index in [2.05, 4.69) is 6.92 Å². The number of nitrogens with zero attached hydrogens (tertiary/aromatic N) is 1. The van der Waals surface area contributed by atoms with Gasteiger partial charge in [0.05, 0.1) is 6.61 Å². The molecule has 0 bridgehead atoms. The second-order valence-corrected chi connectivity index (χ2v) is 4.94. The van der Waals surface area contributed by atoms with Crippen LogP contribution in [0.25, 0.3) is 0 Å². The molecule has 0 aliphatic heterocycles. The number of rotatable bonds is 7. The van der Waals surface area contributed by atoms with Gasteiger partial charge in [0.15, 0.2) is 0 Å². The second kappa shape index (κ2) is 7.67. The van der Waals surface area contributed by atoms with Crippen LogP contribution < -0.4 is 5.73 Å². The van der Waals surface area contributed by atoms with Crippen molar-refractivity contribution < 1.29 is 9.53 Å². The van der Waals surface area contributed by atoms with Gasteiger partial charge < -0.3 is 15.4 Å². The zero-order valence-corrected chi connectivity index (χ0v) is 11.2. The van der Waals surface area contributed by atoms with Crippen molar-refractivity contribution in [2.24, 2.45) is 11.7 Å². The van der Waals surface area contributed by atoms with Gasteiger partial charge in [-0.25, -0.2) is 0 Å². The summed E-state index contributed by atoms with van der Waals surface area (Å²) in [5.74, 6) is 0.433. The van der Waals surface area contributed by atoms with E-state index in [0.29, 0.717) is 13.2 Å². The Morgan fingerprint density at radius 3 is 2.71 bits per heavy atom. The number of ether oxygens (including phenoxy) is 1. The molecule has 1 rings (SSSR count). The fourth-order valence-corrected chi connectivity index (χ4v) is 2.38. The summed E-state index contributed by atoms with van der Waals surface area (Å²) >= 11 is 0. The van der Waals surface area contributed by atoms with Crippen molar-refractivity contribution in [3.63, 3.8) is 0 Å². The van der Waals surface area contributed by atoms with Crippen molar-refractivity contribution >= 4 is 5.91 Å². The van der Waals surface area contributed by atoms with Crippen LogP contribution in [0, 0.1) is 5.92 Å². The molecule has 2 N–H and O–H groups in total. The SMILES string of the molecule is CCCCN(CCOC)C(=O)C1CCC(N)C1. The van der Waals surface area contributed by atoms with Gasteiger partial charge in [-0.15, -0.1) is 0 Å². The van der Waals surface area contributed by atoms with Gasteiger partial charge in [0.25, 0.3) is 0 Å². The molecule has 1 saturated carbocycles. The molecule has 4 heteroatoms. The number of hydrogen-bond donors (Lipinski definition) is 1. The first kappa shape index (κ1) is 14.5. The lowest BCUT2D eigenvalue weighted by molar-refractivity contribution is -0.136. The van der Waals surface area contributed by atoms with Crippen LogP contribution >= 0.6 is 0 Å². The van der Waals surface area contributed by atoms with Gasteiger partial charge >= 0.3 is 0 Å². The highest BCUT2D eigenvalue weighted by atomic mass is 16.5. The quantitative estimate of drug-likeness (QED) is 0.734. The monoisotopic (exact) mass is 242 g/mol. The molecule has 0 aromatic rings. The number of carbonyl (C=O) groups excluding carboxylic acids is 1. The molecule has 1 aliphatic carbocycles. The largest absolute Gasteiger partial charge is 0.383 e. The maximum absolute atomic E-state index is 12.3. The summed E-state index contributed by atoms with van der Waals surface area (Å²) in [7, 11) is 1.67. The van der Waals surface area contributed by atoms with Gasteiger partial charge in [-0.05, 0) is 25.7 Å². The molecular formula is C13H26N2O2. The zero-order valence-electron chi connectivity index (χ0n) is 11.2. The van der Waals surface area contributed by atoms with Crippen LogP contribution in [-0.2, 0) is 9.53 Å². The van der Waals surface area contributed by atoms with Gasteiger partial charge in [-0.2, -0.15) is 0 Å². The van der Waals surface area contributed by atoms with Crippen molar-refractivity contribution in [1.29, 1.82) is 0 Å². The van der Waals surface area contributed by atoms with E-state index in [-0.39, 0.29) is 17.9 Å². The van der Waals surface area contributed by atoms with Gasteiger partial charge in [-0.1, -0.05) is 13.3 Å². The molecule has 0 spiro atoms. The molecule has 0 saturated heterocycles. The maximum atomic E-state index is 12.3. The maximum Gasteiger partial charge on any atom is 0.225 e. The Morgan fingerprint density at radius 1 is 1.41 bits per heavy atom. The Hall–Kier alpha value is -0.610. The highest BCUT2D eigenvalue weighted by molar-refractivity contribution is 5.79. The zero-order chi connectivity index (χ0) is 12.7. The topological polar surface area (TPSA) is 55.6 Å². The van der Waals surface area contributed by atoms with Crippen LogP contribution in [0.1, 0.15) is 39.0 Å². The van der Waals surface area contributed by atoms with Gasteiger partial charge in [0.1, 0.15) is 0 Å². The van der Waals surface area contributed by atoms with Crippen molar-refractivity contribution in [3.05, 3.63) is 0 Å². The predicted octanol–water partition coefficient (Wildman–Crippen LogP) is 1.39. The molecular weight excluding hydrogens is 216 g/mol. The van der Waals surface area contributed by atoms with E-state index in [1.807, 2.05) is 4.90 Å². The molecule has 4 nitrogen and oxygen atoms in total. The lowest BCUT2D eigenvalue weighted by Gasteiger charge is -2.25. The molecule has 1 fully saturated rings. The average molecular weight is 242 g/mol. The first-order valence-corrected chi connectivity index (χ1v) is 6.72. The highest BCUT2D eigenvalue weighted by Gasteiger charge is 2.30. The average Bonchev–Trinajstić information content (AvgIpc) is 2.75. The van der Waals surface area contributed by atoms with Crippen LogP contribution in [-0.4, -0.2) is 43.7 Å². The van der Waals surface area contributed by atoms with E-state index in [1.165, 1.54) is 0 Å². The van der Waals surface area contributed by atoms with Crippen LogP contribution in [0.2, 0.25) is 0 Å². The summed E-state index contributed by atoms with van der Waals surface area (Å²) in [4.78, 5) is 14.3. The number of methoxy groups -OCH3 is 1. The summed E-state index contributed by atoms with van der Waals surface area (Å²) < 4.78 is 5.07. The van der Waals surface area contributed by atoms with Crippen molar-refractivity contribution in [2.45, 2.75) is 45.1 Å². The minimum atomic E-state index is 0.152. The van der Waals surface area contributed by atoms with E-state index in [1.54, 1.807) is 7.11 Å². The minimum Gasteiger partial charge on any atom is -0.383 e. The van der Waals surface area contributed by atoms with Crippen molar-refractivity contribution in [1.82, 2.24) is 4.90 Å². The summed E-state index contributed by atoms with van der Waals surface area (Å²) in [5.41, 5.74) is 5.87. The molecule has 1 aliphatic rings. The van der Waals surface area contributed by atoms with Crippen LogP contribution in [0.15, 0.2) is 0 Å². The van der Waals surface area contributed by atoms with E-state index >= 15 is 0 Å². The van der Waals surface area contributed by atoms with Gasteiger partial charge in [0, 0.05) is 32.2 Å². The number of amides is 1. The lowest BCUT2D eigenvalue weighted by Crippen LogP contribution is -2.38. The Morgan fingerprint density at radius 2 is 2.18 bits per heavy atom. The van der Waals surface area contributed by atoms with E-state index in [0.717, 1.165) is 38.6 Å². The predicted molar refractivity (Wildman–Crippen MR) is 68.7 cm³/mol. The van der Waals surface area contributed by atoms with E-state index in [4.69, 9.17) is 10.5 Å². The molecule has 2 atom stereocenters. The Balaban J connectivity index is 2.45. The van der Waals surface area contributed by atoms with Crippen LogP contribution in [0.5, 0.6) is 0 Å². The Kier molecular flexibility index (Phi) is 6.52. The fourth-order valence-electron chi connectivity index (χ4n) is 2.38. The van der Waals surface area contributed by atoms with Crippen LogP contribution in [0.4, 0.5) is 0 Å². The molecule has 100 valence electrons. The van der Waals surface area contributed by atoms with E-state index < -0.39 is 0 Å². The fraction of sp³-hybridized carbons (Fsp3) is 0.923. The van der Waals surface area contributed by atoms with Gasteiger partial charge in [-0.3, -0.25) is 4.79 Å². The summed E-state index contributed by atoms with van der Waals surface area (Å²) in [6.45, 7) is 4.32. The number of hydrogen-bond acceptors (Lipinski definition) is 3. The molecule has 0 aromatic carbocycles. The van der Waals surface area contributed by atoms with Crippen molar-refractivity contribution in [2.75, 3.05) is 26.8 Å². The summed E-state index contributed by atoms with van der Waals surface area (Å²) in [6, 6.07) is 0.222. The summed E-state index contributed by atoms with van der Waals surface area (Å²) in [5, 5.41) is 0. The molecule has 0 radical (unpaired) electrons. The summed E-state index contributed by atoms with van der Waals surface area (Å²) in [6.07, 6.45) is 4.97. The third kappa shape index (κ3) is 4.64. The van der Waals surface area contributed by atoms with Crippen LogP contribution in [0.3, 0.4) is 0 Å². The third-order valence-corrected chi connectivity index (χ3v) is 3.48. The second-order valence-electron chi connectivity index (χ2n) is 4.94. The molecule has 17 heavy (non-hydrogen) atoms. The van der Waals surface area contributed by atoms with Crippen molar-refractivity contribution in [3.8, 4) is 0 Å². The Labute approximate surface area is 104 Å². The first-order chi connectivity index (χ1) is 8.19. The normalized spacial score (nSPS) is 23.9. The molecule has 0 aromatic heterocycles. The molecule has 1 amide bonds. The van der Waals surface area contributed by atoms with Gasteiger partial charge in [0.2, 0.25) is 5.91 Å². The minimum absolute atomic E-state index is 0.152. The number of carbonyl (C=O) groups is 1. The smallest absolute Gasteiger partial charge is 0.225 e. The lowest BCUT2D eigenvalue weighted by atomic mass is 10.1. The molecule has 0 heterocycles. The third-order valence-electron chi connectivity index (χ3n) is 3.48. The Bertz CT molecular complexity index is 225. The standard InChI is InChI=1S/C13H26N2O2/c1-3-4-7-15(8-9-17-2)13(16)11-5-6-12(14)10-11/h11-12H,3-10,14H2,1-2H3. The van der Waals surface area contributed by atoms with E-state index in [9.17, 15) is 4.79 Å². The first-order valence-electron chi connectivity index (χ1n) is 6.72. The number of unbranched alkanes of at least 4 members (excludes halogenated alkanes) is 1. The molecule has 2 unspecified atom stereocenters. The highest BCUT2D eigenvalue weighted by Crippen LogP contribution is 2.26. The number of nitrogens with two attached hydrogens (primary N) is 1.